The lowest BCUT2D eigenvalue weighted by atomic mass is 9.78. The van der Waals surface area contributed by atoms with E-state index >= 15 is 0 Å². The van der Waals surface area contributed by atoms with Crippen molar-refractivity contribution in [2.45, 2.75) is 53.4 Å². The van der Waals surface area contributed by atoms with Crippen molar-refractivity contribution in [1.82, 2.24) is 0 Å². The topological polar surface area (TPSA) is 95.5 Å². The normalized spacial score (nSPS) is 18.5. The average Bonchev–Trinajstić information content (AvgIpc) is 3.05. The minimum Gasteiger partial charge on any atom is -0.550 e. The van der Waals surface area contributed by atoms with Crippen molar-refractivity contribution in [2.24, 2.45) is 11.8 Å². The molecule has 0 saturated heterocycles. The van der Waals surface area contributed by atoms with E-state index in [-0.39, 0.29) is 12.5 Å². The molecule has 1 amide bonds. The number of carbonyl (C=O) groups excluding carboxylic acids is 3. The van der Waals surface area contributed by atoms with Gasteiger partial charge in [-0.1, -0.05) is 31.0 Å². The Labute approximate surface area is 186 Å². The lowest BCUT2D eigenvalue weighted by Crippen LogP contribution is -2.42. The van der Waals surface area contributed by atoms with E-state index in [9.17, 15) is 19.5 Å². The molecule has 6 nitrogen and oxygen atoms in total. The first-order valence-electron chi connectivity index (χ1n) is 10.6. The van der Waals surface area contributed by atoms with Crippen LogP contribution in [0.2, 0.25) is 0 Å². The Morgan fingerprint density at radius 2 is 1.77 bits per heavy atom. The third-order valence-corrected chi connectivity index (χ3v) is 7.02. The fourth-order valence-electron chi connectivity index (χ4n) is 4.21. The Morgan fingerprint density at radius 3 is 2.39 bits per heavy atom. The number of carboxylic acid groups (broad SMARTS) is 1. The molecule has 0 aliphatic heterocycles. The summed E-state index contributed by atoms with van der Waals surface area (Å²) in [4.78, 5) is 38.3. The first-order chi connectivity index (χ1) is 14.7. The summed E-state index contributed by atoms with van der Waals surface area (Å²) in [5.74, 6) is -3.55. The first-order valence-corrected chi connectivity index (χ1v) is 11.5. The van der Waals surface area contributed by atoms with Crippen LogP contribution >= 0.6 is 11.3 Å². The Morgan fingerprint density at radius 1 is 1.10 bits per heavy atom. The molecule has 31 heavy (non-hydrogen) atoms. The predicted octanol–water partition coefficient (Wildman–Crippen LogP) is 4.01. The molecule has 1 fully saturated rings. The molecule has 0 unspecified atom stereocenters. The van der Waals surface area contributed by atoms with Gasteiger partial charge < -0.3 is 20.0 Å². The van der Waals surface area contributed by atoms with Gasteiger partial charge in [0.2, 0.25) is 5.91 Å². The smallest absolute Gasteiger partial charge is 0.341 e. The number of carbonyl (C=O) groups is 3. The van der Waals surface area contributed by atoms with E-state index in [1.807, 2.05) is 39.0 Å². The fraction of sp³-hybridized carbons (Fsp3) is 0.458. The molecule has 3 rings (SSSR count). The van der Waals surface area contributed by atoms with Crippen molar-refractivity contribution >= 4 is 34.2 Å². The van der Waals surface area contributed by atoms with E-state index < -0.39 is 23.8 Å². The summed E-state index contributed by atoms with van der Waals surface area (Å²) in [7, 11) is 0. The molecular weight excluding hydrogens is 414 g/mol. The number of ether oxygens (including phenoxy) is 1. The average molecular weight is 443 g/mol. The largest absolute Gasteiger partial charge is 0.550 e. The van der Waals surface area contributed by atoms with Gasteiger partial charge in [-0.15, -0.1) is 11.3 Å². The molecule has 1 aliphatic carbocycles. The van der Waals surface area contributed by atoms with Crippen molar-refractivity contribution in [3.8, 4) is 11.1 Å². The molecule has 0 bridgehead atoms. The van der Waals surface area contributed by atoms with Gasteiger partial charge in [0.25, 0.3) is 0 Å². The Hall–Kier alpha value is -2.67. The van der Waals surface area contributed by atoms with Crippen LogP contribution in [0.25, 0.3) is 11.1 Å². The number of carboxylic acids is 1. The second kappa shape index (κ2) is 9.64. The van der Waals surface area contributed by atoms with E-state index in [4.69, 9.17) is 4.74 Å². The summed E-state index contributed by atoms with van der Waals surface area (Å²) < 4.78 is 5.30. The monoisotopic (exact) mass is 442 g/mol. The summed E-state index contributed by atoms with van der Waals surface area (Å²) in [5, 5.41) is 14.8. The van der Waals surface area contributed by atoms with Crippen LogP contribution in [0.4, 0.5) is 5.00 Å². The van der Waals surface area contributed by atoms with Crippen LogP contribution in [0.1, 0.15) is 59.0 Å². The van der Waals surface area contributed by atoms with E-state index in [0.29, 0.717) is 23.4 Å². The van der Waals surface area contributed by atoms with E-state index in [1.54, 1.807) is 6.92 Å². The van der Waals surface area contributed by atoms with Crippen molar-refractivity contribution < 1.29 is 24.2 Å². The molecule has 1 aromatic heterocycles. The summed E-state index contributed by atoms with van der Waals surface area (Å²) in [6.07, 6.45) is 2.49. The lowest BCUT2D eigenvalue weighted by molar-refractivity contribution is -0.313. The summed E-state index contributed by atoms with van der Waals surface area (Å²) >= 11 is 1.31. The van der Waals surface area contributed by atoms with E-state index in [1.165, 1.54) is 11.3 Å². The highest BCUT2D eigenvalue weighted by Gasteiger charge is 2.33. The summed E-state index contributed by atoms with van der Waals surface area (Å²) in [6, 6.07) is 5.98. The van der Waals surface area contributed by atoms with Crippen LogP contribution in [-0.2, 0) is 14.3 Å². The number of thiophene rings is 1. The number of hydrogen-bond donors (Lipinski definition) is 1. The fourth-order valence-corrected chi connectivity index (χ4v) is 5.27. The van der Waals surface area contributed by atoms with Gasteiger partial charge in [-0.3, -0.25) is 4.79 Å². The predicted molar refractivity (Wildman–Crippen MR) is 119 cm³/mol. The quantitative estimate of drug-likeness (QED) is 0.682. The Bertz CT molecular complexity index is 1010. The molecule has 2 aromatic rings. The standard InChI is InChI=1S/C24H29NO5S/c1-5-30-24(29)20-19(16-11-10-13(2)14(3)12-16)15(4)31-22(20)25-21(26)17-8-6-7-9-18(17)23(27)28/h10-12,17-18H,5-9H2,1-4H3,(H,25,26)(H,27,28)/p-1/t17-,18+/m1/s1. The van der Waals surface area contributed by atoms with Gasteiger partial charge in [0, 0.05) is 28.2 Å². The molecule has 166 valence electrons. The summed E-state index contributed by atoms with van der Waals surface area (Å²) in [6.45, 7) is 7.88. The van der Waals surface area contributed by atoms with Gasteiger partial charge in [-0.2, -0.15) is 0 Å². The molecule has 0 radical (unpaired) electrons. The molecule has 1 heterocycles. The molecule has 1 saturated carbocycles. The maximum absolute atomic E-state index is 13.0. The first kappa shape index (κ1) is 23.0. The maximum atomic E-state index is 13.0. The molecule has 0 spiro atoms. The van der Waals surface area contributed by atoms with Crippen LogP contribution in [0.5, 0.6) is 0 Å². The van der Waals surface area contributed by atoms with Gasteiger partial charge in [0.05, 0.1) is 6.61 Å². The number of esters is 1. The zero-order chi connectivity index (χ0) is 22.7. The van der Waals surface area contributed by atoms with Crippen molar-refractivity contribution in [1.29, 1.82) is 0 Å². The number of amides is 1. The van der Waals surface area contributed by atoms with Crippen molar-refractivity contribution in [2.75, 3.05) is 11.9 Å². The third kappa shape index (κ3) is 4.82. The SMILES string of the molecule is CCOC(=O)c1c(NC(=O)[C@@H]2CCCC[C@@H]2C(=O)[O-])sc(C)c1-c1ccc(C)c(C)c1. The van der Waals surface area contributed by atoms with E-state index in [0.717, 1.165) is 40.0 Å². The number of rotatable bonds is 6. The van der Waals surface area contributed by atoms with Crippen LogP contribution < -0.4 is 10.4 Å². The molecule has 1 aromatic carbocycles. The van der Waals surface area contributed by atoms with Gasteiger partial charge in [-0.05, 0) is 57.2 Å². The van der Waals surface area contributed by atoms with Crippen molar-refractivity contribution in [3.63, 3.8) is 0 Å². The third-order valence-electron chi connectivity index (χ3n) is 6.00. The number of benzene rings is 1. The summed E-state index contributed by atoms with van der Waals surface area (Å²) in [5.41, 5.74) is 4.19. The zero-order valence-electron chi connectivity index (χ0n) is 18.4. The van der Waals surface area contributed by atoms with Crippen LogP contribution in [0.3, 0.4) is 0 Å². The minimum absolute atomic E-state index is 0.211. The highest BCUT2D eigenvalue weighted by molar-refractivity contribution is 7.17. The van der Waals surface area contributed by atoms with Crippen molar-refractivity contribution in [3.05, 3.63) is 39.8 Å². The van der Waals surface area contributed by atoms with Gasteiger partial charge in [0.15, 0.2) is 0 Å². The van der Waals surface area contributed by atoms with Gasteiger partial charge >= 0.3 is 5.97 Å². The van der Waals surface area contributed by atoms with Crippen LogP contribution in [0, 0.1) is 32.6 Å². The molecule has 1 N–H and O–H groups in total. The molecular formula is C24H28NO5S-. The highest BCUT2D eigenvalue weighted by atomic mass is 32.1. The maximum Gasteiger partial charge on any atom is 0.341 e. The number of nitrogens with one attached hydrogen (secondary N) is 1. The molecule has 7 heteroatoms. The van der Waals surface area contributed by atoms with Gasteiger partial charge in [0.1, 0.15) is 10.6 Å². The number of aryl methyl sites for hydroxylation is 3. The van der Waals surface area contributed by atoms with E-state index in [2.05, 4.69) is 5.32 Å². The Balaban J connectivity index is 2.02. The number of anilines is 1. The van der Waals surface area contributed by atoms with Gasteiger partial charge in [-0.25, -0.2) is 4.79 Å². The Kier molecular flexibility index (Phi) is 7.15. The van der Waals surface area contributed by atoms with Crippen LogP contribution in [0.15, 0.2) is 18.2 Å². The highest BCUT2D eigenvalue weighted by Crippen LogP contribution is 2.41. The molecule has 1 aliphatic rings. The second-order valence-corrected chi connectivity index (χ2v) is 9.29. The lowest BCUT2D eigenvalue weighted by Gasteiger charge is -2.31. The number of aliphatic carboxylic acids is 1. The minimum atomic E-state index is -1.19. The van der Waals surface area contributed by atoms with Crippen LogP contribution in [-0.4, -0.2) is 24.5 Å². The second-order valence-electron chi connectivity index (χ2n) is 8.06. The number of hydrogen-bond acceptors (Lipinski definition) is 6. The zero-order valence-corrected chi connectivity index (χ0v) is 19.2. The molecule has 2 atom stereocenters.